The predicted molar refractivity (Wildman–Crippen MR) is 65.9 cm³/mol. The van der Waals surface area contributed by atoms with E-state index < -0.39 is 23.3 Å². The van der Waals surface area contributed by atoms with E-state index in [1.807, 2.05) is 10.1 Å². The van der Waals surface area contributed by atoms with Crippen molar-refractivity contribution in [2.75, 3.05) is 5.32 Å². The van der Waals surface area contributed by atoms with Crippen LogP contribution in [0.15, 0.2) is 39.9 Å². The molecule has 0 aliphatic heterocycles. The van der Waals surface area contributed by atoms with Crippen molar-refractivity contribution < 1.29 is 9.90 Å². The summed E-state index contributed by atoms with van der Waals surface area (Å²) in [5.41, 5.74) is -1.09. The monoisotopic (exact) mass is 262 g/mol. The average molecular weight is 262 g/mol. The number of aromatic amines is 2. The number of anilines is 1. The molecule has 2 rings (SSSR count). The van der Waals surface area contributed by atoms with Gasteiger partial charge in [0.15, 0.2) is 6.04 Å². The van der Waals surface area contributed by atoms with Crippen molar-refractivity contribution in [1.29, 1.82) is 0 Å². The van der Waals surface area contributed by atoms with Gasteiger partial charge in [-0.05, 0) is 5.56 Å². The topological polar surface area (TPSA) is 128 Å². The normalized spacial score (nSPS) is 11.8. The standard InChI is InChI=1S/C11H10N4O4/c16-9-8(14-15-11(19)13-9)12-7(10(17)18)6-4-2-1-3-5-6/h1-5,7H,(H,12,14)(H,17,18)(H2,13,15,16,19). The third-order valence-electron chi connectivity index (χ3n) is 2.37. The highest BCUT2D eigenvalue weighted by Gasteiger charge is 2.21. The number of rotatable bonds is 4. The zero-order valence-corrected chi connectivity index (χ0v) is 9.58. The number of hydrogen-bond donors (Lipinski definition) is 4. The summed E-state index contributed by atoms with van der Waals surface area (Å²) in [6, 6.07) is 7.17. The Morgan fingerprint density at radius 3 is 2.53 bits per heavy atom. The number of benzene rings is 1. The predicted octanol–water partition coefficient (Wildman–Crippen LogP) is -0.304. The maximum atomic E-state index is 11.4. The maximum absolute atomic E-state index is 11.4. The molecule has 0 spiro atoms. The van der Waals surface area contributed by atoms with Gasteiger partial charge in [-0.3, -0.25) is 9.78 Å². The lowest BCUT2D eigenvalue weighted by Gasteiger charge is -2.14. The smallest absolute Gasteiger partial charge is 0.342 e. The molecule has 0 amide bonds. The first-order valence-corrected chi connectivity index (χ1v) is 5.31. The summed E-state index contributed by atoms with van der Waals surface area (Å²) in [6.07, 6.45) is 0. The minimum Gasteiger partial charge on any atom is -0.479 e. The van der Waals surface area contributed by atoms with E-state index in [4.69, 9.17) is 5.11 Å². The first kappa shape index (κ1) is 12.6. The molecule has 1 unspecified atom stereocenters. The van der Waals surface area contributed by atoms with Gasteiger partial charge in [0, 0.05) is 0 Å². The first-order chi connectivity index (χ1) is 9.08. The van der Waals surface area contributed by atoms with E-state index in [9.17, 15) is 14.4 Å². The summed E-state index contributed by atoms with van der Waals surface area (Å²) in [6.45, 7) is 0. The van der Waals surface area contributed by atoms with E-state index in [2.05, 4.69) is 10.4 Å². The number of aromatic nitrogens is 3. The van der Waals surface area contributed by atoms with Gasteiger partial charge in [-0.2, -0.15) is 0 Å². The van der Waals surface area contributed by atoms with Gasteiger partial charge in [0.05, 0.1) is 0 Å². The molecule has 19 heavy (non-hydrogen) atoms. The second-order valence-corrected chi connectivity index (χ2v) is 3.68. The number of carboxylic acids is 1. The Morgan fingerprint density at radius 1 is 1.26 bits per heavy atom. The fourth-order valence-corrected chi connectivity index (χ4v) is 1.52. The quantitative estimate of drug-likeness (QED) is 0.598. The second kappa shape index (κ2) is 5.17. The van der Waals surface area contributed by atoms with Gasteiger partial charge in [0.25, 0.3) is 5.56 Å². The lowest BCUT2D eigenvalue weighted by Crippen LogP contribution is -2.30. The molecule has 1 atom stereocenters. The van der Waals surface area contributed by atoms with Crippen LogP contribution in [0.4, 0.5) is 5.82 Å². The summed E-state index contributed by atoms with van der Waals surface area (Å²) in [7, 11) is 0. The van der Waals surface area contributed by atoms with Gasteiger partial charge in [-0.1, -0.05) is 30.3 Å². The number of hydrogen-bond acceptors (Lipinski definition) is 5. The second-order valence-electron chi connectivity index (χ2n) is 3.68. The van der Waals surface area contributed by atoms with Crippen molar-refractivity contribution in [3.63, 3.8) is 0 Å². The summed E-state index contributed by atoms with van der Waals surface area (Å²) < 4.78 is 0. The van der Waals surface area contributed by atoms with Crippen LogP contribution in [0.3, 0.4) is 0 Å². The fourth-order valence-electron chi connectivity index (χ4n) is 1.52. The molecule has 0 fully saturated rings. The molecule has 8 nitrogen and oxygen atoms in total. The molecule has 0 aliphatic rings. The maximum Gasteiger partial charge on any atom is 0.342 e. The third kappa shape index (κ3) is 2.86. The Labute approximate surface area is 106 Å². The van der Waals surface area contributed by atoms with E-state index in [1.54, 1.807) is 30.3 Å². The average Bonchev–Trinajstić information content (AvgIpc) is 2.38. The van der Waals surface area contributed by atoms with Crippen LogP contribution in [0.5, 0.6) is 0 Å². The van der Waals surface area contributed by atoms with Crippen molar-refractivity contribution in [2.45, 2.75) is 6.04 Å². The molecule has 0 aliphatic carbocycles. The van der Waals surface area contributed by atoms with Gasteiger partial charge >= 0.3 is 11.7 Å². The van der Waals surface area contributed by atoms with Crippen LogP contribution in [0, 0.1) is 0 Å². The fraction of sp³-hybridized carbons (Fsp3) is 0.0909. The summed E-state index contributed by atoms with van der Waals surface area (Å²) in [4.78, 5) is 35.4. The zero-order chi connectivity index (χ0) is 13.8. The lowest BCUT2D eigenvalue weighted by molar-refractivity contribution is -0.138. The molecule has 0 radical (unpaired) electrons. The van der Waals surface area contributed by atoms with Gasteiger partial charge in [0.2, 0.25) is 5.82 Å². The lowest BCUT2D eigenvalue weighted by atomic mass is 10.1. The summed E-state index contributed by atoms with van der Waals surface area (Å²) in [5, 5.41) is 17.1. The van der Waals surface area contributed by atoms with Gasteiger partial charge < -0.3 is 10.4 Å². The Hall–Kier alpha value is -2.90. The number of H-pyrrole nitrogens is 2. The minimum absolute atomic E-state index is 0.268. The Morgan fingerprint density at radius 2 is 1.95 bits per heavy atom. The van der Waals surface area contributed by atoms with Crippen molar-refractivity contribution in [3.05, 3.63) is 56.7 Å². The van der Waals surface area contributed by atoms with E-state index in [0.717, 1.165) is 0 Å². The van der Waals surface area contributed by atoms with E-state index in [0.29, 0.717) is 5.56 Å². The van der Waals surface area contributed by atoms with E-state index in [1.165, 1.54) is 0 Å². The van der Waals surface area contributed by atoms with Gasteiger partial charge in [0.1, 0.15) is 0 Å². The van der Waals surface area contributed by atoms with Crippen LogP contribution in [-0.4, -0.2) is 26.3 Å². The largest absolute Gasteiger partial charge is 0.479 e. The minimum atomic E-state index is -1.17. The Balaban J connectivity index is 2.35. The van der Waals surface area contributed by atoms with E-state index in [-0.39, 0.29) is 5.82 Å². The van der Waals surface area contributed by atoms with Crippen molar-refractivity contribution in [3.8, 4) is 0 Å². The van der Waals surface area contributed by atoms with Crippen LogP contribution in [0.2, 0.25) is 0 Å². The molecule has 0 saturated heterocycles. The molecular formula is C11H10N4O4. The molecule has 98 valence electrons. The van der Waals surface area contributed by atoms with Crippen LogP contribution in [0.1, 0.15) is 11.6 Å². The molecule has 4 N–H and O–H groups in total. The highest BCUT2D eigenvalue weighted by Crippen LogP contribution is 2.16. The highest BCUT2D eigenvalue weighted by molar-refractivity contribution is 5.78. The Bertz CT molecular complexity index is 692. The molecule has 0 saturated carbocycles. The van der Waals surface area contributed by atoms with Crippen molar-refractivity contribution >= 4 is 11.8 Å². The number of nitrogens with one attached hydrogen (secondary N) is 3. The summed E-state index contributed by atoms with van der Waals surface area (Å²) in [5.74, 6) is -1.44. The van der Waals surface area contributed by atoms with Gasteiger partial charge in [-0.15, -0.1) is 5.10 Å². The molecular weight excluding hydrogens is 252 g/mol. The molecule has 1 heterocycles. The summed E-state index contributed by atoms with van der Waals surface area (Å²) >= 11 is 0. The zero-order valence-electron chi connectivity index (χ0n) is 9.58. The SMILES string of the molecule is O=C(O)C(Nc1n[nH]c(=O)[nH]c1=O)c1ccccc1. The van der Waals surface area contributed by atoms with Crippen LogP contribution >= 0.6 is 0 Å². The number of carboxylic acid groups (broad SMARTS) is 1. The van der Waals surface area contributed by atoms with Crippen molar-refractivity contribution in [2.24, 2.45) is 0 Å². The van der Waals surface area contributed by atoms with E-state index >= 15 is 0 Å². The Kier molecular flexibility index (Phi) is 3.42. The molecule has 2 aromatic rings. The van der Waals surface area contributed by atoms with Crippen LogP contribution in [-0.2, 0) is 4.79 Å². The molecule has 1 aromatic carbocycles. The molecule has 1 aromatic heterocycles. The number of nitrogens with zero attached hydrogens (tertiary/aromatic N) is 1. The first-order valence-electron chi connectivity index (χ1n) is 5.31. The molecule has 8 heteroatoms. The number of aliphatic carboxylic acids is 1. The number of carbonyl (C=O) groups is 1. The molecule has 0 bridgehead atoms. The van der Waals surface area contributed by atoms with Crippen LogP contribution < -0.4 is 16.6 Å². The highest BCUT2D eigenvalue weighted by atomic mass is 16.4. The van der Waals surface area contributed by atoms with Crippen molar-refractivity contribution in [1.82, 2.24) is 15.2 Å². The van der Waals surface area contributed by atoms with Crippen LogP contribution in [0.25, 0.3) is 0 Å². The third-order valence-corrected chi connectivity index (χ3v) is 2.37. The van der Waals surface area contributed by atoms with Gasteiger partial charge in [-0.25, -0.2) is 14.7 Å².